The molecule has 84 valence electrons. The highest BCUT2D eigenvalue weighted by Crippen LogP contribution is 2.28. The van der Waals surface area contributed by atoms with Gasteiger partial charge in [0.1, 0.15) is 0 Å². The smallest absolute Gasteiger partial charge is 0.0453 e. The number of nitrogens with two attached hydrogens (primary N) is 1. The Morgan fingerprint density at radius 1 is 1.33 bits per heavy atom. The first kappa shape index (κ1) is 13.3. The van der Waals surface area contributed by atoms with Gasteiger partial charge < -0.3 is 5.73 Å². The van der Waals surface area contributed by atoms with Crippen molar-refractivity contribution >= 4 is 45.1 Å². The Bertz CT molecular complexity index is 305. The summed E-state index contributed by atoms with van der Waals surface area (Å²) < 4.78 is 1.10. The fourth-order valence-electron chi connectivity index (χ4n) is 1.12. The van der Waals surface area contributed by atoms with E-state index in [1.807, 2.05) is 35.7 Å². The quantitative estimate of drug-likeness (QED) is 0.483. The van der Waals surface area contributed by atoms with Crippen molar-refractivity contribution in [1.82, 2.24) is 0 Å². The molecule has 1 nitrogen and oxygen atoms in total. The molecule has 0 saturated carbocycles. The monoisotopic (exact) mass is 305 g/mol. The maximum Gasteiger partial charge on any atom is 0.0453 e. The second-order valence-electron chi connectivity index (χ2n) is 3.08. The molecule has 0 unspecified atom stereocenters. The Hall–Kier alpha value is 0.200. The van der Waals surface area contributed by atoms with Crippen LogP contribution in [0.2, 0.25) is 0 Å². The number of nitrogen functional groups attached to an aromatic ring is 1. The molecule has 1 aromatic carbocycles. The highest BCUT2D eigenvalue weighted by molar-refractivity contribution is 9.10. The molecule has 0 amide bonds. The molecule has 1 rings (SSSR count). The van der Waals surface area contributed by atoms with Crippen LogP contribution in [0.25, 0.3) is 0 Å². The van der Waals surface area contributed by atoms with Gasteiger partial charge in [0.15, 0.2) is 0 Å². The second kappa shape index (κ2) is 7.47. The highest BCUT2D eigenvalue weighted by atomic mass is 79.9. The first-order chi connectivity index (χ1) is 7.24. The molecule has 0 aliphatic carbocycles. The van der Waals surface area contributed by atoms with Crippen molar-refractivity contribution in [3.05, 3.63) is 22.7 Å². The number of anilines is 1. The van der Waals surface area contributed by atoms with Gasteiger partial charge in [0.25, 0.3) is 0 Å². The summed E-state index contributed by atoms with van der Waals surface area (Å²) in [4.78, 5) is 1.19. The van der Waals surface area contributed by atoms with Crippen LogP contribution in [-0.4, -0.2) is 17.3 Å². The largest absolute Gasteiger partial charge is 0.398 e. The molecule has 0 radical (unpaired) electrons. The standard InChI is InChI=1S/C11H16BrNS2/c1-2-14-6-3-7-15-11-8-9(12)4-5-10(11)13/h4-5,8H,2-3,6-7,13H2,1H3. The lowest BCUT2D eigenvalue weighted by Crippen LogP contribution is -1.90. The third-order valence-corrected chi connectivity index (χ3v) is 4.51. The molecule has 15 heavy (non-hydrogen) atoms. The van der Waals surface area contributed by atoms with Crippen molar-refractivity contribution < 1.29 is 0 Å². The van der Waals surface area contributed by atoms with Gasteiger partial charge in [0.2, 0.25) is 0 Å². The maximum atomic E-state index is 5.88. The fourth-order valence-corrected chi connectivity index (χ4v) is 3.41. The summed E-state index contributed by atoms with van der Waals surface area (Å²) >= 11 is 7.30. The number of halogens is 1. The maximum absolute atomic E-state index is 5.88. The zero-order valence-electron chi connectivity index (χ0n) is 8.83. The molecule has 1 aromatic rings. The number of rotatable bonds is 6. The summed E-state index contributed by atoms with van der Waals surface area (Å²) in [5.41, 5.74) is 6.76. The van der Waals surface area contributed by atoms with E-state index in [1.54, 1.807) is 0 Å². The van der Waals surface area contributed by atoms with Crippen LogP contribution in [0, 0.1) is 0 Å². The lowest BCUT2D eigenvalue weighted by Gasteiger charge is -2.05. The first-order valence-electron chi connectivity index (χ1n) is 4.99. The van der Waals surface area contributed by atoms with Gasteiger partial charge in [-0.25, -0.2) is 0 Å². The van der Waals surface area contributed by atoms with Gasteiger partial charge in [0, 0.05) is 15.1 Å². The van der Waals surface area contributed by atoms with E-state index in [9.17, 15) is 0 Å². The second-order valence-corrected chi connectivity index (χ2v) is 6.53. The highest BCUT2D eigenvalue weighted by Gasteiger charge is 2.00. The van der Waals surface area contributed by atoms with Crippen molar-refractivity contribution in [1.29, 1.82) is 0 Å². The topological polar surface area (TPSA) is 26.0 Å². The Balaban J connectivity index is 2.33. The van der Waals surface area contributed by atoms with E-state index >= 15 is 0 Å². The van der Waals surface area contributed by atoms with E-state index in [2.05, 4.69) is 28.9 Å². The minimum Gasteiger partial charge on any atom is -0.398 e. The number of hydrogen-bond acceptors (Lipinski definition) is 3. The molecule has 0 aliphatic heterocycles. The summed E-state index contributed by atoms with van der Waals surface area (Å²) in [6.07, 6.45) is 1.25. The van der Waals surface area contributed by atoms with Crippen LogP contribution >= 0.6 is 39.5 Å². The van der Waals surface area contributed by atoms with E-state index in [0.717, 1.165) is 15.9 Å². The molecule has 0 saturated heterocycles. The molecule has 0 fully saturated rings. The van der Waals surface area contributed by atoms with Crippen LogP contribution in [0.3, 0.4) is 0 Å². The molecule has 0 heterocycles. The lowest BCUT2D eigenvalue weighted by molar-refractivity contribution is 1.12. The number of thioether (sulfide) groups is 2. The number of hydrogen-bond donors (Lipinski definition) is 1. The molecule has 0 atom stereocenters. The van der Waals surface area contributed by atoms with Crippen LogP contribution in [0.4, 0.5) is 5.69 Å². The molecule has 0 spiro atoms. The van der Waals surface area contributed by atoms with Crippen LogP contribution in [-0.2, 0) is 0 Å². The van der Waals surface area contributed by atoms with Gasteiger partial charge in [-0.05, 0) is 41.9 Å². The van der Waals surface area contributed by atoms with Gasteiger partial charge in [-0.3, -0.25) is 0 Å². The first-order valence-corrected chi connectivity index (χ1v) is 7.93. The van der Waals surface area contributed by atoms with Gasteiger partial charge in [-0.1, -0.05) is 22.9 Å². The van der Waals surface area contributed by atoms with E-state index in [1.165, 1.54) is 22.8 Å². The minimum atomic E-state index is 0.881. The fraction of sp³-hybridized carbons (Fsp3) is 0.455. The van der Waals surface area contributed by atoms with Gasteiger partial charge in [0.05, 0.1) is 0 Å². The van der Waals surface area contributed by atoms with Gasteiger partial charge in [-0.2, -0.15) is 11.8 Å². The van der Waals surface area contributed by atoms with E-state index < -0.39 is 0 Å². The van der Waals surface area contributed by atoms with Crippen molar-refractivity contribution in [3.8, 4) is 0 Å². The van der Waals surface area contributed by atoms with E-state index in [-0.39, 0.29) is 0 Å². The molecule has 0 aromatic heterocycles. The summed E-state index contributed by atoms with van der Waals surface area (Å²) in [6.45, 7) is 2.20. The van der Waals surface area contributed by atoms with Crippen LogP contribution < -0.4 is 5.73 Å². The number of benzene rings is 1. The molecule has 0 aliphatic rings. The summed E-state index contributed by atoms with van der Waals surface area (Å²) in [7, 11) is 0. The predicted octanol–water partition coefficient (Wildman–Crippen LogP) is 4.27. The Morgan fingerprint density at radius 2 is 2.13 bits per heavy atom. The SMILES string of the molecule is CCSCCCSc1cc(Br)ccc1N. The van der Waals surface area contributed by atoms with Gasteiger partial charge in [-0.15, -0.1) is 11.8 Å². The van der Waals surface area contributed by atoms with E-state index in [0.29, 0.717) is 0 Å². The van der Waals surface area contributed by atoms with Crippen molar-refractivity contribution in [3.63, 3.8) is 0 Å². The van der Waals surface area contributed by atoms with Crippen molar-refractivity contribution in [2.75, 3.05) is 23.0 Å². The molecule has 2 N–H and O–H groups in total. The molecular formula is C11H16BrNS2. The third kappa shape index (κ3) is 5.18. The normalized spacial score (nSPS) is 10.5. The van der Waals surface area contributed by atoms with Crippen molar-refractivity contribution in [2.45, 2.75) is 18.2 Å². The third-order valence-electron chi connectivity index (χ3n) is 1.87. The molecule has 0 bridgehead atoms. The predicted molar refractivity (Wildman–Crippen MR) is 76.9 cm³/mol. The van der Waals surface area contributed by atoms with Gasteiger partial charge >= 0.3 is 0 Å². The zero-order chi connectivity index (χ0) is 11.1. The van der Waals surface area contributed by atoms with Crippen LogP contribution in [0.5, 0.6) is 0 Å². The van der Waals surface area contributed by atoms with E-state index in [4.69, 9.17) is 5.73 Å². The Labute approximate surface area is 109 Å². The Kier molecular flexibility index (Phi) is 6.61. The van der Waals surface area contributed by atoms with Crippen LogP contribution in [0.15, 0.2) is 27.6 Å². The summed E-state index contributed by atoms with van der Waals surface area (Å²) in [5.74, 6) is 3.61. The summed E-state index contributed by atoms with van der Waals surface area (Å²) in [6, 6.07) is 6.02. The lowest BCUT2D eigenvalue weighted by atomic mass is 10.3. The van der Waals surface area contributed by atoms with Crippen LogP contribution in [0.1, 0.15) is 13.3 Å². The zero-order valence-corrected chi connectivity index (χ0v) is 12.1. The average molecular weight is 306 g/mol. The summed E-state index contributed by atoms with van der Waals surface area (Å²) in [5, 5.41) is 0. The molecular weight excluding hydrogens is 290 g/mol. The molecule has 4 heteroatoms. The van der Waals surface area contributed by atoms with Crippen molar-refractivity contribution in [2.24, 2.45) is 0 Å². The minimum absolute atomic E-state index is 0.881. The Morgan fingerprint density at radius 3 is 2.87 bits per heavy atom. The average Bonchev–Trinajstić information content (AvgIpc) is 2.23.